The van der Waals surface area contributed by atoms with E-state index in [0.717, 1.165) is 11.3 Å². The van der Waals surface area contributed by atoms with Crippen LogP contribution in [-0.2, 0) is 0 Å². The molecule has 0 bridgehead atoms. The SMILES string of the molecule is Cc1oc(C)c(C(=O)N2CC(N)C2)c1C. The van der Waals surface area contributed by atoms with Gasteiger partial charge in [-0.3, -0.25) is 4.79 Å². The minimum absolute atomic E-state index is 0.0450. The molecule has 4 nitrogen and oxygen atoms in total. The number of carbonyl (C=O) groups is 1. The summed E-state index contributed by atoms with van der Waals surface area (Å²) in [4.78, 5) is 13.8. The third-order valence-corrected chi connectivity index (χ3v) is 2.97. The van der Waals surface area contributed by atoms with Gasteiger partial charge in [-0.05, 0) is 20.8 Å². The van der Waals surface area contributed by atoms with E-state index >= 15 is 0 Å². The predicted molar refractivity (Wildman–Crippen MR) is 56.8 cm³/mol. The van der Waals surface area contributed by atoms with E-state index in [1.54, 1.807) is 4.90 Å². The summed E-state index contributed by atoms with van der Waals surface area (Å²) in [5, 5.41) is 0. The summed E-state index contributed by atoms with van der Waals surface area (Å²) in [6.45, 7) is 6.93. The molecule has 1 aliphatic rings. The molecule has 0 atom stereocenters. The minimum Gasteiger partial charge on any atom is -0.466 e. The lowest BCUT2D eigenvalue weighted by Gasteiger charge is -2.36. The van der Waals surface area contributed by atoms with Gasteiger partial charge in [-0.1, -0.05) is 0 Å². The first-order chi connectivity index (χ1) is 7.00. The molecule has 15 heavy (non-hydrogen) atoms. The fourth-order valence-electron chi connectivity index (χ4n) is 1.94. The van der Waals surface area contributed by atoms with Crippen LogP contribution in [0.5, 0.6) is 0 Å². The number of amides is 1. The molecule has 1 aromatic rings. The highest BCUT2D eigenvalue weighted by atomic mass is 16.3. The van der Waals surface area contributed by atoms with Gasteiger partial charge in [-0.25, -0.2) is 0 Å². The summed E-state index contributed by atoms with van der Waals surface area (Å²) in [7, 11) is 0. The van der Waals surface area contributed by atoms with Gasteiger partial charge >= 0.3 is 0 Å². The topological polar surface area (TPSA) is 59.5 Å². The number of nitrogens with two attached hydrogens (primary N) is 1. The van der Waals surface area contributed by atoms with E-state index in [9.17, 15) is 4.79 Å². The molecule has 0 saturated carbocycles. The van der Waals surface area contributed by atoms with Crippen molar-refractivity contribution in [2.24, 2.45) is 5.73 Å². The van der Waals surface area contributed by atoms with E-state index in [1.165, 1.54) is 0 Å². The Bertz CT molecular complexity index is 403. The standard InChI is InChI=1S/C11H16N2O2/c1-6-7(2)15-8(3)10(6)11(14)13-4-9(12)5-13/h9H,4-5,12H2,1-3H3. The Hall–Kier alpha value is -1.29. The van der Waals surface area contributed by atoms with Gasteiger partial charge in [0.2, 0.25) is 0 Å². The number of furan rings is 1. The van der Waals surface area contributed by atoms with Crippen molar-refractivity contribution >= 4 is 5.91 Å². The van der Waals surface area contributed by atoms with Crippen molar-refractivity contribution in [3.05, 3.63) is 22.6 Å². The molecular formula is C11H16N2O2. The molecule has 82 valence electrons. The number of aryl methyl sites for hydroxylation is 2. The predicted octanol–water partition coefficient (Wildman–Crippen LogP) is 0.988. The van der Waals surface area contributed by atoms with Gasteiger partial charge in [0.1, 0.15) is 11.5 Å². The van der Waals surface area contributed by atoms with Gasteiger partial charge in [-0.2, -0.15) is 0 Å². The molecule has 1 aliphatic heterocycles. The number of nitrogens with zero attached hydrogens (tertiary/aromatic N) is 1. The maximum Gasteiger partial charge on any atom is 0.257 e. The Morgan fingerprint density at radius 1 is 1.33 bits per heavy atom. The van der Waals surface area contributed by atoms with Gasteiger partial charge in [0, 0.05) is 24.7 Å². The van der Waals surface area contributed by atoms with Crippen LogP contribution in [0.15, 0.2) is 4.42 Å². The number of carbonyl (C=O) groups excluding carboxylic acids is 1. The van der Waals surface area contributed by atoms with Crippen LogP contribution in [0.2, 0.25) is 0 Å². The summed E-state index contributed by atoms with van der Waals surface area (Å²) in [5.74, 6) is 1.57. The Morgan fingerprint density at radius 3 is 2.33 bits per heavy atom. The molecule has 1 fully saturated rings. The van der Waals surface area contributed by atoms with Gasteiger partial charge in [0.25, 0.3) is 5.91 Å². The molecule has 0 aromatic carbocycles. The lowest BCUT2D eigenvalue weighted by Crippen LogP contribution is -2.57. The zero-order chi connectivity index (χ0) is 11.2. The Labute approximate surface area is 89.0 Å². The van der Waals surface area contributed by atoms with Crippen LogP contribution in [0, 0.1) is 20.8 Å². The Balaban J connectivity index is 2.26. The second-order valence-corrected chi connectivity index (χ2v) is 4.18. The highest BCUT2D eigenvalue weighted by Crippen LogP contribution is 2.23. The van der Waals surface area contributed by atoms with Gasteiger partial charge in [0.15, 0.2) is 0 Å². The smallest absolute Gasteiger partial charge is 0.257 e. The molecular weight excluding hydrogens is 192 g/mol. The molecule has 0 unspecified atom stereocenters. The molecule has 0 spiro atoms. The van der Waals surface area contributed by atoms with Crippen molar-refractivity contribution in [1.29, 1.82) is 0 Å². The Morgan fingerprint density at radius 2 is 1.93 bits per heavy atom. The first kappa shape index (κ1) is 10.2. The van der Waals surface area contributed by atoms with Crippen molar-refractivity contribution in [2.45, 2.75) is 26.8 Å². The highest BCUT2D eigenvalue weighted by Gasteiger charge is 2.31. The first-order valence-corrected chi connectivity index (χ1v) is 5.12. The van der Waals surface area contributed by atoms with E-state index < -0.39 is 0 Å². The molecule has 2 heterocycles. The minimum atomic E-state index is 0.0450. The van der Waals surface area contributed by atoms with Crippen LogP contribution in [0.25, 0.3) is 0 Å². The van der Waals surface area contributed by atoms with E-state index in [4.69, 9.17) is 10.2 Å². The number of rotatable bonds is 1. The van der Waals surface area contributed by atoms with Crippen molar-refractivity contribution < 1.29 is 9.21 Å². The fourth-order valence-corrected chi connectivity index (χ4v) is 1.94. The lowest BCUT2D eigenvalue weighted by atomic mass is 10.0. The first-order valence-electron chi connectivity index (χ1n) is 5.12. The number of likely N-dealkylation sites (tertiary alicyclic amines) is 1. The van der Waals surface area contributed by atoms with Crippen molar-refractivity contribution in [1.82, 2.24) is 4.90 Å². The molecule has 4 heteroatoms. The fraction of sp³-hybridized carbons (Fsp3) is 0.545. The van der Waals surface area contributed by atoms with Gasteiger partial charge in [-0.15, -0.1) is 0 Å². The summed E-state index contributed by atoms with van der Waals surface area (Å²) in [6, 6.07) is 0.141. The van der Waals surface area contributed by atoms with Crippen LogP contribution in [0.3, 0.4) is 0 Å². The van der Waals surface area contributed by atoms with Gasteiger partial charge in [0.05, 0.1) is 5.56 Å². The van der Waals surface area contributed by atoms with E-state index in [-0.39, 0.29) is 11.9 Å². The molecule has 0 radical (unpaired) electrons. The third-order valence-electron chi connectivity index (χ3n) is 2.97. The molecule has 1 amide bonds. The molecule has 2 N–H and O–H groups in total. The lowest BCUT2D eigenvalue weighted by molar-refractivity contribution is 0.0605. The number of hydrogen-bond acceptors (Lipinski definition) is 3. The second kappa shape index (κ2) is 3.38. The maximum absolute atomic E-state index is 12.0. The van der Waals surface area contributed by atoms with Crippen LogP contribution < -0.4 is 5.73 Å². The van der Waals surface area contributed by atoms with Gasteiger partial charge < -0.3 is 15.1 Å². The Kier molecular flexibility index (Phi) is 2.31. The van der Waals surface area contributed by atoms with E-state index in [0.29, 0.717) is 24.4 Å². The van der Waals surface area contributed by atoms with E-state index in [1.807, 2.05) is 20.8 Å². The molecule has 0 aliphatic carbocycles. The summed E-state index contributed by atoms with van der Waals surface area (Å²) in [6.07, 6.45) is 0. The highest BCUT2D eigenvalue weighted by molar-refractivity contribution is 5.97. The summed E-state index contributed by atoms with van der Waals surface area (Å²) >= 11 is 0. The number of hydrogen-bond donors (Lipinski definition) is 1. The summed E-state index contributed by atoms with van der Waals surface area (Å²) < 4.78 is 5.43. The quantitative estimate of drug-likeness (QED) is 0.748. The average Bonchev–Trinajstić information content (AvgIpc) is 2.35. The summed E-state index contributed by atoms with van der Waals surface area (Å²) in [5.41, 5.74) is 7.30. The largest absolute Gasteiger partial charge is 0.466 e. The monoisotopic (exact) mass is 208 g/mol. The third kappa shape index (κ3) is 1.55. The second-order valence-electron chi connectivity index (χ2n) is 4.18. The zero-order valence-electron chi connectivity index (χ0n) is 9.33. The van der Waals surface area contributed by atoms with Crippen LogP contribution >= 0.6 is 0 Å². The van der Waals surface area contributed by atoms with Crippen LogP contribution in [0.1, 0.15) is 27.4 Å². The van der Waals surface area contributed by atoms with Crippen molar-refractivity contribution in [2.75, 3.05) is 13.1 Å². The molecule has 2 rings (SSSR count). The van der Waals surface area contributed by atoms with E-state index in [2.05, 4.69) is 0 Å². The van der Waals surface area contributed by atoms with Crippen molar-refractivity contribution in [3.8, 4) is 0 Å². The molecule has 1 saturated heterocycles. The van der Waals surface area contributed by atoms with Crippen molar-refractivity contribution in [3.63, 3.8) is 0 Å². The normalized spacial score (nSPS) is 16.7. The average molecular weight is 208 g/mol. The van der Waals surface area contributed by atoms with Crippen LogP contribution in [0.4, 0.5) is 0 Å². The molecule has 1 aromatic heterocycles. The zero-order valence-corrected chi connectivity index (χ0v) is 9.33. The van der Waals surface area contributed by atoms with Crippen LogP contribution in [-0.4, -0.2) is 29.9 Å². The maximum atomic E-state index is 12.0.